The summed E-state index contributed by atoms with van der Waals surface area (Å²) in [4.78, 5) is 29.3. The number of piperazine rings is 1. The lowest BCUT2D eigenvalue weighted by molar-refractivity contribution is -0.130. The van der Waals surface area contributed by atoms with Crippen molar-refractivity contribution >= 4 is 45.7 Å². The summed E-state index contributed by atoms with van der Waals surface area (Å²) < 4.78 is 11.3. The largest absolute Gasteiger partial charge is 0.456 e. The van der Waals surface area contributed by atoms with Gasteiger partial charge < -0.3 is 19.0 Å². The standard InChI is InChI=1S/C23H26N2O4S/c1-23(2,3)29-22(27)25-12-10-24(11-13-25)21(26)15-30-16-8-9-20-18(14-16)17-6-4-5-7-19(17)28-20/h4-9,14H,10-13,15H2,1-3H3. The van der Waals surface area contributed by atoms with E-state index in [4.69, 9.17) is 9.15 Å². The number of thioether (sulfide) groups is 1. The summed E-state index contributed by atoms with van der Waals surface area (Å²) in [5.74, 6) is 0.453. The molecule has 0 radical (unpaired) electrons. The van der Waals surface area contributed by atoms with Gasteiger partial charge in [0.1, 0.15) is 16.8 Å². The first-order valence-corrected chi connectivity index (χ1v) is 11.1. The summed E-state index contributed by atoms with van der Waals surface area (Å²) >= 11 is 1.53. The number of fused-ring (bicyclic) bond motifs is 3. The Labute approximate surface area is 180 Å². The summed E-state index contributed by atoms with van der Waals surface area (Å²) in [5.41, 5.74) is 1.21. The maximum Gasteiger partial charge on any atom is 0.410 e. The van der Waals surface area contributed by atoms with Gasteiger partial charge in [-0.05, 0) is 45.0 Å². The lowest BCUT2D eigenvalue weighted by Gasteiger charge is -2.35. The molecule has 1 fully saturated rings. The van der Waals surface area contributed by atoms with Crippen LogP contribution in [0.5, 0.6) is 0 Å². The Morgan fingerprint density at radius 2 is 1.63 bits per heavy atom. The number of furan rings is 1. The molecule has 0 saturated carbocycles. The van der Waals surface area contributed by atoms with Crippen molar-refractivity contribution < 1.29 is 18.7 Å². The van der Waals surface area contributed by atoms with E-state index < -0.39 is 5.60 Å². The topological polar surface area (TPSA) is 63.0 Å². The van der Waals surface area contributed by atoms with Crippen LogP contribution in [0, 0.1) is 0 Å². The predicted molar refractivity (Wildman–Crippen MR) is 119 cm³/mol. The molecule has 1 aliphatic heterocycles. The van der Waals surface area contributed by atoms with Crippen molar-refractivity contribution in [3.05, 3.63) is 42.5 Å². The highest BCUT2D eigenvalue weighted by Gasteiger charge is 2.27. The zero-order valence-corrected chi connectivity index (χ0v) is 18.3. The molecule has 1 aliphatic rings. The van der Waals surface area contributed by atoms with Crippen LogP contribution in [0.4, 0.5) is 4.79 Å². The fraction of sp³-hybridized carbons (Fsp3) is 0.391. The fourth-order valence-electron chi connectivity index (χ4n) is 3.50. The first-order chi connectivity index (χ1) is 14.3. The predicted octanol–water partition coefficient (Wildman–Crippen LogP) is 4.76. The van der Waals surface area contributed by atoms with Crippen molar-refractivity contribution in [3.8, 4) is 0 Å². The van der Waals surface area contributed by atoms with Gasteiger partial charge in [-0.25, -0.2) is 4.79 Å². The Kier molecular flexibility index (Phi) is 5.64. The van der Waals surface area contributed by atoms with Crippen LogP contribution in [0.25, 0.3) is 21.9 Å². The van der Waals surface area contributed by atoms with Gasteiger partial charge in [-0.3, -0.25) is 4.79 Å². The lowest BCUT2D eigenvalue weighted by Crippen LogP contribution is -2.52. The van der Waals surface area contributed by atoms with E-state index in [0.717, 1.165) is 26.8 Å². The number of para-hydroxylation sites is 1. The zero-order valence-electron chi connectivity index (χ0n) is 17.5. The molecule has 2 heterocycles. The van der Waals surface area contributed by atoms with Crippen LogP contribution in [0.1, 0.15) is 20.8 Å². The molecule has 1 saturated heterocycles. The van der Waals surface area contributed by atoms with E-state index in [0.29, 0.717) is 31.9 Å². The van der Waals surface area contributed by atoms with Crippen molar-refractivity contribution in [2.24, 2.45) is 0 Å². The van der Waals surface area contributed by atoms with Gasteiger partial charge in [0.25, 0.3) is 0 Å². The Morgan fingerprint density at radius 3 is 2.37 bits per heavy atom. The van der Waals surface area contributed by atoms with Crippen molar-refractivity contribution in [2.45, 2.75) is 31.3 Å². The summed E-state index contributed by atoms with van der Waals surface area (Å²) in [5, 5.41) is 2.15. The second-order valence-electron chi connectivity index (χ2n) is 8.39. The molecule has 0 spiro atoms. The maximum atomic E-state index is 12.7. The number of nitrogens with zero attached hydrogens (tertiary/aromatic N) is 2. The number of benzene rings is 2. The van der Waals surface area contributed by atoms with Crippen LogP contribution in [-0.2, 0) is 9.53 Å². The lowest BCUT2D eigenvalue weighted by atomic mass is 10.1. The van der Waals surface area contributed by atoms with Gasteiger partial charge in [0.2, 0.25) is 5.91 Å². The van der Waals surface area contributed by atoms with Gasteiger partial charge in [0.05, 0.1) is 5.75 Å². The Morgan fingerprint density at radius 1 is 0.967 bits per heavy atom. The van der Waals surface area contributed by atoms with Crippen LogP contribution in [0.3, 0.4) is 0 Å². The number of hydrogen-bond donors (Lipinski definition) is 0. The van der Waals surface area contributed by atoms with Gasteiger partial charge in [0.15, 0.2) is 0 Å². The van der Waals surface area contributed by atoms with E-state index in [1.54, 1.807) is 4.90 Å². The molecule has 158 valence electrons. The van der Waals surface area contributed by atoms with Gasteiger partial charge >= 0.3 is 6.09 Å². The van der Waals surface area contributed by atoms with Gasteiger partial charge in [-0.1, -0.05) is 18.2 Å². The molecule has 0 unspecified atom stereocenters. The highest BCUT2D eigenvalue weighted by molar-refractivity contribution is 8.00. The minimum atomic E-state index is -0.512. The number of ether oxygens (including phenoxy) is 1. The van der Waals surface area contributed by atoms with Crippen LogP contribution >= 0.6 is 11.8 Å². The molecule has 6 nitrogen and oxygen atoms in total. The third-order valence-electron chi connectivity index (χ3n) is 4.99. The van der Waals surface area contributed by atoms with Gasteiger partial charge in [0, 0.05) is 41.8 Å². The number of amides is 2. The smallest absolute Gasteiger partial charge is 0.410 e. The third kappa shape index (κ3) is 4.56. The van der Waals surface area contributed by atoms with Crippen molar-refractivity contribution in [1.82, 2.24) is 9.80 Å². The highest BCUT2D eigenvalue weighted by Crippen LogP contribution is 2.32. The molecular weight excluding hydrogens is 400 g/mol. The molecule has 0 aliphatic carbocycles. The highest BCUT2D eigenvalue weighted by atomic mass is 32.2. The van der Waals surface area contributed by atoms with Crippen molar-refractivity contribution in [1.29, 1.82) is 0 Å². The summed E-state index contributed by atoms with van der Waals surface area (Å²) in [6.07, 6.45) is -0.315. The SMILES string of the molecule is CC(C)(C)OC(=O)N1CCN(C(=O)CSc2ccc3oc4ccccc4c3c2)CC1. The quantitative estimate of drug-likeness (QED) is 0.565. The Balaban J connectivity index is 1.33. The average Bonchev–Trinajstić information content (AvgIpc) is 3.09. The summed E-state index contributed by atoms with van der Waals surface area (Å²) in [7, 11) is 0. The van der Waals surface area contributed by atoms with Crippen LogP contribution in [0.15, 0.2) is 51.8 Å². The van der Waals surface area contributed by atoms with E-state index in [9.17, 15) is 9.59 Å². The van der Waals surface area contributed by atoms with Gasteiger partial charge in [-0.15, -0.1) is 11.8 Å². The van der Waals surface area contributed by atoms with Gasteiger partial charge in [-0.2, -0.15) is 0 Å². The van der Waals surface area contributed by atoms with E-state index >= 15 is 0 Å². The zero-order chi connectivity index (χ0) is 21.3. The fourth-order valence-corrected chi connectivity index (χ4v) is 4.33. The summed E-state index contributed by atoms with van der Waals surface area (Å²) in [6, 6.07) is 14.0. The average molecular weight is 427 g/mol. The molecule has 2 aromatic carbocycles. The minimum Gasteiger partial charge on any atom is -0.456 e. The van der Waals surface area contributed by atoms with E-state index in [1.165, 1.54) is 11.8 Å². The monoisotopic (exact) mass is 426 g/mol. The number of hydrogen-bond acceptors (Lipinski definition) is 5. The molecule has 3 aromatic rings. The number of rotatable bonds is 3. The van der Waals surface area contributed by atoms with Crippen molar-refractivity contribution in [3.63, 3.8) is 0 Å². The van der Waals surface area contributed by atoms with E-state index in [2.05, 4.69) is 6.07 Å². The first kappa shape index (κ1) is 20.6. The molecular formula is C23H26N2O4S. The molecule has 4 rings (SSSR count). The van der Waals surface area contributed by atoms with E-state index in [-0.39, 0.29) is 12.0 Å². The van der Waals surface area contributed by atoms with Crippen LogP contribution < -0.4 is 0 Å². The molecule has 30 heavy (non-hydrogen) atoms. The molecule has 7 heteroatoms. The molecule has 0 bridgehead atoms. The maximum absolute atomic E-state index is 12.7. The second-order valence-corrected chi connectivity index (χ2v) is 9.44. The molecule has 2 amide bonds. The Hall–Kier alpha value is -2.67. The minimum absolute atomic E-state index is 0.0842. The second kappa shape index (κ2) is 8.22. The molecule has 0 atom stereocenters. The van der Waals surface area contributed by atoms with Crippen LogP contribution in [0.2, 0.25) is 0 Å². The Bertz CT molecular complexity index is 1080. The normalized spacial score (nSPS) is 15.0. The van der Waals surface area contributed by atoms with Crippen molar-refractivity contribution in [2.75, 3.05) is 31.9 Å². The third-order valence-corrected chi connectivity index (χ3v) is 5.97. The first-order valence-electron chi connectivity index (χ1n) is 10.1. The van der Waals surface area contributed by atoms with Crippen LogP contribution in [-0.4, -0.2) is 59.3 Å². The van der Waals surface area contributed by atoms with E-state index in [1.807, 2.05) is 62.1 Å². The molecule has 1 aromatic heterocycles. The summed E-state index contributed by atoms with van der Waals surface area (Å²) in [6.45, 7) is 7.62. The molecule has 0 N–H and O–H groups in total. The number of carbonyl (C=O) groups excluding carboxylic acids is 2. The number of carbonyl (C=O) groups is 2.